The van der Waals surface area contributed by atoms with Crippen LogP contribution in [0.25, 0.3) is 6.08 Å². The number of carbonyl (C=O) groups is 2. The minimum Gasteiger partial charge on any atom is -0.350 e. The average Bonchev–Trinajstić information content (AvgIpc) is 2.77. The zero-order valence-electron chi connectivity index (χ0n) is 18.4. The first-order valence-corrected chi connectivity index (χ1v) is 11.2. The molecule has 2 rings (SSSR count). The van der Waals surface area contributed by atoms with Crippen LogP contribution in [0.4, 0.5) is 39.5 Å². The highest BCUT2D eigenvalue weighted by Crippen LogP contribution is 2.41. The Bertz CT molecular complexity index is 1200. The van der Waals surface area contributed by atoms with E-state index in [1.807, 2.05) is 5.32 Å². The van der Waals surface area contributed by atoms with Crippen molar-refractivity contribution < 1.29 is 49.1 Å². The fraction of sp³-hybridized carbons (Fsp3) is 0.273. The summed E-state index contributed by atoms with van der Waals surface area (Å²) < 4.78 is 118. The van der Waals surface area contributed by atoms with Crippen molar-refractivity contribution in [3.8, 4) is 0 Å². The molecule has 0 spiro atoms. The number of halogens is 12. The summed E-state index contributed by atoms with van der Waals surface area (Å²) in [4.78, 5) is 22.9. The number of carbonyl (C=O) groups excluding carboxylic acids is 2. The smallest absolute Gasteiger partial charge is 0.350 e. The van der Waals surface area contributed by atoms with E-state index in [0.717, 1.165) is 24.3 Å². The second-order valence-electron chi connectivity index (χ2n) is 7.49. The first-order valence-electron chi connectivity index (χ1n) is 10.1. The van der Waals surface area contributed by atoms with Crippen LogP contribution in [0.15, 0.2) is 36.4 Å². The van der Waals surface area contributed by atoms with E-state index in [4.69, 9.17) is 34.8 Å². The Morgan fingerprint density at radius 1 is 0.842 bits per heavy atom. The third-order valence-electron chi connectivity index (χ3n) is 4.75. The molecular formula is C22H14Cl3F9N2O2. The van der Waals surface area contributed by atoms with Crippen LogP contribution in [0, 0.1) is 0 Å². The lowest BCUT2D eigenvalue weighted by Gasteiger charge is -2.19. The van der Waals surface area contributed by atoms with E-state index in [-0.39, 0.29) is 20.6 Å². The molecule has 0 aliphatic carbocycles. The van der Waals surface area contributed by atoms with E-state index in [2.05, 4.69) is 0 Å². The molecule has 0 saturated carbocycles. The fourth-order valence-electron chi connectivity index (χ4n) is 3.02. The molecule has 0 bridgehead atoms. The minimum atomic E-state index is -5.19. The van der Waals surface area contributed by atoms with Crippen molar-refractivity contribution in [1.82, 2.24) is 10.6 Å². The Hall–Kier alpha value is -2.64. The molecule has 1 unspecified atom stereocenters. The molecule has 0 aromatic heterocycles. The van der Waals surface area contributed by atoms with Gasteiger partial charge in [-0.1, -0.05) is 53.0 Å². The molecule has 2 aromatic carbocycles. The van der Waals surface area contributed by atoms with Gasteiger partial charge in [0.25, 0.3) is 5.91 Å². The van der Waals surface area contributed by atoms with Gasteiger partial charge in [-0.15, -0.1) is 0 Å². The first-order chi connectivity index (χ1) is 17.3. The normalized spacial score (nSPS) is 13.5. The van der Waals surface area contributed by atoms with Gasteiger partial charge in [-0.3, -0.25) is 9.59 Å². The summed E-state index contributed by atoms with van der Waals surface area (Å²) in [5.41, 5.74) is -3.25. The summed E-state index contributed by atoms with van der Waals surface area (Å²) >= 11 is 17.3. The summed E-state index contributed by atoms with van der Waals surface area (Å²) in [7, 11) is 0. The zero-order chi connectivity index (χ0) is 29.1. The molecule has 0 aliphatic rings. The lowest BCUT2D eigenvalue weighted by atomic mass is 9.96. The summed E-state index contributed by atoms with van der Waals surface area (Å²) in [5, 5.41) is 2.61. The molecule has 0 aliphatic heterocycles. The van der Waals surface area contributed by atoms with E-state index in [1.165, 1.54) is 5.32 Å². The van der Waals surface area contributed by atoms with Crippen LogP contribution in [0.5, 0.6) is 0 Å². The number of alkyl halides is 9. The van der Waals surface area contributed by atoms with E-state index >= 15 is 0 Å². The highest BCUT2D eigenvalue weighted by Gasteiger charge is 2.40. The van der Waals surface area contributed by atoms with Crippen molar-refractivity contribution in [1.29, 1.82) is 0 Å². The highest BCUT2D eigenvalue weighted by atomic mass is 35.5. The van der Waals surface area contributed by atoms with Crippen LogP contribution in [0.1, 0.15) is 33.0 Å². The molecular weight excluding hydrogens is 602 g/mol. The molecule has 38 heavy (non-hydrogen) atoms. The van der Waals surface area contributed by atoms with Gasteiger partial charge in [0.1, 0.15) is 0 Å². The van der Waals surface area contributed by atoms with Crippen molar-refractivity contribution in [2.45, 2.75) is 24.4 Å². The lowest BCUT2D eigenvalue weighted by molar-refractivity contribution is -0.173. The van der Waals surface area contributed by atoms with Crippen LogP contribution in [-0.2, 0) is 11.0 Å². The van der Waals surface area contributed by atoms with E-state index < -0.39 is 66.0 Å². The van der Waals surface area contributed by atoms with Gasteiger partial charge in [-0.25, -0.2) is 0 Å². The van der Waals surface area contributed by atoms with Crippen LogP contribution in [0.3, 0.4) is 0 Å². The van der Waals surface area contributed by atoms with Crippen LogP contribution in [0.2, 0.25) is 15.1 Å². The molecule has 1 atom stereocenters. The number of hydrogen-bond donors (Lipinski definition) is 2. The summed E-state index contributed by atoms with van der Waals surface area (Å²) in [6, 6.07) is 3.85. The van der Waals surface area contributed by atoms with Gasteiger partial charge >= 0.3 is 24.4 Å². The van der Waals surface area contributed by atoms with Gasteiger partial charge in [0.2, 0.25) is 0 Å². The summed E-state index contributed by atoms with van der Waals surface area (Å²) in [6.07, 6.45) is -13.9. The summed E-state index contributed by atoms with van der Waals surface area (Å²) in [6.45, 7) is -1.37. The maximum absolute atomic E-state index is 13.7. The number of rotatable bonds is 7. The van der Waals surface area contributed by atoms with E-state index in [0.29, 0.717) is 18.2 Å². The van der Waals surface area contributed by atoms with E-state index in [9.17, 15) is 49.1 Å². The number of hydrogen-bond acceptors (Lipinski definition) is 2. The molecule has 0 radical (unpaired) electrons. The van der Waals surface area contributed by atoms with Crippen molar-refractivity contribution in [2.75, 3.05) is 13.1 Å². The molecule has 2 amide bonds. The maximum Gasteiger partial charge on any atom is 0.471 e. The molecule has 0 fully saturated rings. The molecule has 16 heteroatoms. The zero-order valence-corrected chi connectivity index (χ0v) is 20.7. The number of allylic oxidation sites excluding steroid dienone is 1. The van der Waals surface area contributed by atoms with Crippen molar-refractivity contribution in [3.05, 3.63) is 73.7 Å². The molecule has 2 N–H and O–H groups in total. The Balaban J connectivity index is 2.30. The van der Waals surface area contributed by atoms with Crippen molar-refractivity contribution >= 4 is 52.7 Å². The van der Waals surface area contributed by atoms with Crippen LogP contribution in [-0.4, -0.2) is 37.3 Å². The largest absolute Gasteiger partial charge is 0.471 e. The molecule has 0 heterocycles. The average molecular weight is 616 g/mol. The Labute approximate surface area is 223 Å². The van der Waals surface area contributed by atoms with Gasteiger partial charge in [0.15, 0.2) is 0 Å². The predicted octanol–water partition coefficient (Wildman–Crippen LogP) is 7.43. The monoisotopic (exact) mass is 614 g/mol. The number of amides is 2. The Morgan fingerprint density at radius 3 is 1.89 bits per heavy atom. The molecule has 208 valence electrons. The van der Waals surface area contributed by atoms with Crippen LogP contribution >= 0.6 is 34.8 Å². The Kier molecular flexibility index (Phi) is 10.0. The highest BCUT2D eigenvalue weighted by molar-refractivity contribution is 6.48. The van der Waals surface area contributed by atoms with Gasteiger partial charge in [-0.2, -0.15) is 39.5 Å². The lowest BCUT2D eigenvalue weighted by Crippen LogP contribution is -2.41. The van der Waals surface area contributed by atoms with Gasteiger partial charge < -0.3 is 10.6 Å². The third kappa shape index (κ3) is 8.43. The Morgan fingerprint density at radius 2 is 1.39 bits per heavy atom. The number of nitrogens with one attached hydrogen (secondary N) is 2. The SMILES string of the molecule is O=C(NCCNC(=O)C(F)(F)F)c1ccc(C=CC(c2cc(Cl)c(Cl)c(Cl)c2)C(F)(F)F)cc1C(F)(F)F. The summed E-state index contributed by atoms with van der Waals surface area (Å²) in [5.74, 6) is -5.98. The van der Waals surface area contributed by atoms with Gasteiger partial charge in [0.05, 0.1) is 32.1 Å². The van der Waals surface area contributed by atoms with E-state index in [1.54, 1.807) is 0 Å². The van der Waals surface area contributed by atoms with Gasteiger partial charge in [0, 0.05) is 13.1 Å². The quantitative estimate of drug-likeness (QED) is 0.193. The molecule has 4 nitrogen and oxygen atoms in total. The first kappa shape index (κ1) is 31.6. The molecule has 0 saturated heterocycles. The van der Waals surface area contributed by atoms with Crippen LogP contribution < -0.4 is 10.6 Å². The number of benzene rings is 2. The predicted molar refractivity (Wildman–Crippen MR) is 122 cm³/mol. The topological polar surface area (TPSA) is 58.2 Å². The maximum atomic E-state index is 13.7. The standard InChI is InChI=1S/C22H14Cl3F9N2O2/c23-15-8-11(9-16(24)17(15)25)13(20(26,27)28)4-2-10-1-3-12(14(7-10)21(29,30)31)18(37)35-5-6-36-19(38)22(32,33)34/h1-4,7-9,13H,5-6H2,(H,35,37)(H,36,38). The fourth-order valence-corrected chi connectivity index (χ4v) is 3.63. The van der Waals surface area contributed by atoms with Crippen molar-refractivity contribution in [3.63, 3.8) is 0 Å². The van der Waals surface area contributed by atoms with Crippen molar-refractivity contribution in [2.24, 2.45) is 0 Å². The third-order valence-corrected chi connectivity index (χ3v) is 5.94. The second kappa shape index (κ2) is 12.0. The molecule has 2 aromatic rings. The second-order valence-corrected chi connectivity index (χ2v) is 8.68. The van der Waals surface area contributed by atoms with Gasteiger partial charge in [-0.05, 0) is 35.4 Å². The minimum absolute atomic E-state index is 0.187.